The van der Waals surface area contributed by atoms with Crippen molar-refractivity contribution in [3.05, 3.63) is 69.5 Å². The smallest absolute Gasteiger partial charge is 0.227 e. The van der Waals surface area contributed by atoms with Crippen molar-refractivity contribution in [2.75, 3.05) is 45.8 Å². The molecule has 0 aliphatic carbocycles. The average Bonchev–Trinajstić information content (AvgIpc) is 3.20. The fourth-order valence-corrected chi connectivity index (χ4v) is 7.52. The standard InChI is InChI=1S/C34H47ClFN3O/c1-26-11-12-28(23-27(26)2)34(16-22-37-20-13-29(14-21-37)38-17-5-3-6-18-38)15-4-7-19-39(25-34)33(40)24-30-31(35)9-8-10-32(30)36/h8-12,23,29H,3-7,13-22,24-25H2,1-2H3/t34-/m1/s1. The largest absolute Gasteiger partial charge is 0.342 e. The van der Waals surface area contributed by atoms with Gasteiger partial charge >= 0.3 is 0 Å². The molecule has 3 aliphatic heterocycles. The van der Waals surface area contributed by atoms with Gasteiger partial charge in [0.25, 0.3) is 0 Å². The van der Waals surface area contributed by atoms with E-state index in [1.54, 1.807) is 12.1 Å². The van der Waals surface area contributed by atoms with Gasteiger partial charge in [0.1, 0.15) is 5.82 Å². The van der Waals surface area contributed by atoms with Crippen LogP contribution in [0.3, 0.4) is 0 Å². The molecule has 0 aromatic heterocycles. The monoisotopic (exact) mass is 567 g/mol. The van der Waals surface area contributed by atoms with Gasteiger partial charge in [-0.25, -0.2) is 4.39 Å². The Balaban J connectivity index is 1.32. The van der Waals surface area contributed by atoms with Crippen LogP contribution in [-0.4, -0.2) is 72.5 Å². The highest BCUT2D eigenvalue weighted by Crippen LogP contribution is 2.39. The Kier molecular flexibility index (Phi) is 9.86. The SMILES string of the molecule is Cc1ccc([C@@]2(CCN3CCC(N4CCCCC4)CC3)CCCCN(C(=O)Cc3c(F)cccc3Cl)C2)cc1C. The number of rotatable bonds is 7. The van der Waals surface area contributed by atoms with Gasteiger partial charge in [0.15, 0.2) is 0 Å². The summed E-state index contributed by atoms with van der Waals surface area (Å²) in [6.07, 6.45) is 10.8. The van der Waals surface area contributed by atoms with Crippen molar-refractivity contribution in [1.82, 2.24) is 14.7 Å². The van der Waals surface area contributed by atoms with E-state index in [1.165, 1.54) is 81.0 Å². The number of piperidine rings is 2. The zero-order valence-electron chi connectivity index (χ0n) is 24.6. The third-order valence-electron chi connectivity index (χ3n) is 10.1. The zero-order chi connectivity index (χ0) is 28.1. The summed E-state index contributed by atoms with van der Waals surface area (Å²) in [5.74, 6) is -0.423. The molecule has 3 aliphatic rings. The van der Waals surface area contributed by atoms with Crippen molar-refractivity contribution in [1.29, 1.82) is 0 Å². The van der Waals surface area contributed by atoms with E-state index in [0.29, 0.717) is 17.1 Å². The van der Waals surface area contributed by atoms with Crippen LogP contribution in [0.4, 0.5) is 4.39 Å². The first-order valence-corrected chi connectivity index (χ1v) is 16.0. The van der Waals surface area contributed by atoms with Crippen LogP contribution in [0.2, 0.25) is 5.02 Å². The van der Waals surface area contributed by atoms with E-state index in [-0.39, 0.29) is 17.7 Å². The molecule has 1 atom stereocenters. The van der Waals surface area contributed by atoms with Crippen molar-refractivity contribution in [2.45, 2.75) is 89.5 Å². The molecule has 0 bridgehead atoms. The molecule has 0 saturated carbocycles. The fraction of sp³-hybridized carbons (Fsp3) is 0.618. The number of carbonyl (C=O) groups is 1. The van der Waals surface area contributed by atoms with Gasteiger partial charge in [0.2, 0.25) is 5.91 Å². The van der Waals surface area contributed by atoms with Crippen LogP contribution >= 0.6 is 11.6 Å². The van der Waals surface area contributed by atoms with Crippen LogP contribution in [0.5, 0.6) is 0 Å². The Morgan fingerprint density at radius 2 is 1.70 bits per heavy atom. The predicted octanol–water partition coefficient (Wildman–Crippen LogP) is 6.93. The van der Waals surface area contributed by atoms with Gasteiger partial charge in [-0.2, -0.15) is 0 Å². The molecule has 0 unspecified atom stereocenters. The average molecular weight is 568 g/mol. The topological polar surface area (TPSA) is 26.8 Å². The van der Waals surface area contributed by atoms with Crippen molar-refractivity contribution in [3.8, 4) is 0 Å². The van der Waals surface area contributed by atoms with E-state index in [4.69, 9.17) is 11.6 Å². The molecule has 0 N–H and O–H groups in total. The fourth-order valence-electron chi connectivity index (χ4n) is 7.29. The van der Waals surface area contributed by atoms with Crippen molar-refractivity contribution in [2.24, 2.45) is 0 Å². The van der Waals surface area contributed by atoms with Crippen LogP contribution in [0.15, 0.2) is 36.4 Å². The number of nitrogens with zero attached hydrogens (tertiary/aromatic N) is 3. The Morgan fingerprint density at radius 1 is 0.950 bits per heavy atom. The van der Waals surface area contributed by atoms with E-state index in [1.807, 2.05) is 4.90 Å². The molecule has 218 valence electrons. The minimum atomic E-state index is -0.399. The summed E-state index contributed by atoms with van der Waals surface area (Å²) in [6.45, 7) is 11.7. The maximum absolute atomic E-state index is 14.6. The third kappa shape index (κ3) is 6.91. The van der Waals surface area contributed by atoms with Crippen molar-refractivity contribution < 1.29 is 9.18 Å². The van der Waals surface area contributed by atoms with Gasteiger partial charge in [-0.1, -0.05) is 48.7 Å². The van der Waals surface area contributed by atoms with Gasteiger partial charge in [0.05, 0.1) is 6.42 Å². The first-order valence-electron chi connectivity index (χ1n) is 15.6. The summed E-state index contributed by atoms with van der Waals surface area (Å²) < 4.78 is 14.6. The zero-order valence-corrected chi connectivity index (χ0v) is 25.3. The lowest BCUT2D eigenvalue weighted by Crippen LogP contribution is -2.48. The molecule has 2 aromatic carbocycles. The molecule has 6 heteroatoms. The van der Waals surface area contributed by atoms with Gasteiger partial charge < -0.3 is 14.7 Å². The predicted molar refractivity (Wildman–Crippen MR) is 163 cm³/mol. The van der Waals surface area contributed by atoms with Crippen LogP contribution < -0.4 is 0 Å². The van der Waals surface area contributed by atoms with E-state index >= 15 is 0 Å². The van der Waals surface area contributed by atoms with E-state index in [9.17, 15) is 9.18 Å². The second-order valence-corrected chi connectivity index (χ2v) is 13.1. The maximum atomic E-state index is 14.6. The number of halogens is 2. The highest BCUT2D eigenvalue weighted by atomic mass is 35.5. The number of carbonyl (C=O) groups excluding carboxylic acids is 1. The molecule has 3 fully saturated rings. The highest BCUT2D eigenvalue weighted by Gasteiger charge is 2.38. The van der Waals surface area contributed by atoms with E-state index in [2.05, 4.69) is 41.8 Å². The van der Waals surface area contributed by atoms with Gasteiger partial charge in [0, 0.05) is 35.1 Å². The maximum Gasteiger partial charge on any atom is 0.227 e. The number of hydrogen-bond donors (Lipinski definition) is 0. The molecule has 3 heterocycles. The van der Waals surface area contributed by atoms with Gasteiger partial charge in [-0.05, 0) is 120 Å². The molecule has 3 saturated heterocycles. The third-order valence-corrected chi connectivity index (χ3v) is 10.4. The first kappa shape index (κ1) is 29.5. The normalized spacial score (nSPS) is 23.8. The second-order valence-electron chi connectivity index (χ2n) is 12.6. The van der Waals surface area contributed by atoms with Gasteiger partial charge in [-0.3, -0.25) is 4.79 Å². The molecular weight excluding hydrogens is 521 g/mol. The van der Waals surface area contributed by atoms with Crippen molar-refractivity contribution >= 4 is 17.5 Å². The minimum Gasteiger partial charge on any atom is -0.342 e. The number of likely N-dealkylation sites (tertiary alicyclic amines) is 3. The first-order chi connectivity index (χ1) is 19.3. The van der Waals surface area contributed by atoms with E-state index in [0.717, 1.165) is 44.8 Å². The lowest BCUT2D eigenvalue weighted by molar-refractivity contribution is -0.131. The summed E-state index contributed by atoms with van der Waals surface area (Å²) in [7, 11) is 0. The lowest BCUT2D eigenvalue weighted by atomic mass is 9.73. The molecule has 5 rings (SSSR count). The Hall–Kier alpha value is -1.95. The molecule has 1 amide bonds. The molecule has 0 radical (unpaired) electrons. The molecule has 4 nitrogen and oxygen atoms in total. The molecule has 2 aromatic rings. The highest BCUT2D eigenvalue weighted by molar-refractivity contribution is 6.31. The Labute approximate surface area is 245 Å². The quantitative estimate of drug-likeness (QED) is 0.363. The summed E-state index contributed by atoms with van der Waals surface area (Å²) >= 11 is 6.31. The Morgan fingerprint density at radius 3 is 2.42 bits per heavy atom. The summed E-state index contributed by atoms with van der Waals surface area (Å²) in [5, 5.41) is 0.330. The molecule has 40 heavy (non-hydrogen) atoms. The van der Waals surface area contributed by atoms with E-state index < -0.39 is 5.82 Å². The van der Waals surface area contributed by atoms with Crippen LogP contribution in [0.25, 0.3) is 0 Å². The number of aryl methyl sites for hydroxylation is 2. The van der Waals surface area contributed by atoms with Crippen LogP contribution in [0.1, 0.15) is 80.0 Å². The number of benzene rings is 2. The van der Waals surface area contributed by atoms with Gasteiger partial charge in [-0.15, -0.1) is 0 Å². The number of amides is 1. The molecule has 0 spiro atoms. The second kappa shape index (κ2) is 13.4. The molecular formula is C34H47ClFN3O. The van der Waals surface area contributed by atoms with Crippen molar-refractivity contribution in [3.63, 3.8) is 0 Å². The summed E-state index contributed by atoms with van der Waals surface area (Å²) in [4.78, 5) is 21.1. The minimum absolute atomic E-state index is 0.0124. The number of hydrogen-bond acceptors (Lipinski definition) is 3. The van der Waals surface area contributed by atoms with Crippen LogP contribution in [-0.2, 0) is 16.6 Å². The lowest BCUT2D eigenvalue weighted by Gasteiger charge is -2.42. The Bertz CT molecular complexity index is 1140. The summed E-state index contributed by atoms with van der Waals surface area (Å²) in [6, 6.07) is 12.3. The summed E-state index contributed by atoms with van der Waals surface area (Å²) in [5.41, 5.74) is 4.16. The van der Waals surface area contributed by atoms with Crippen LogP contribution in [0, 0.1) is 19.7 Å².